The summed E-state index contributed by atoms with van der Waals surface area (Å²) >= 11 is 0. The third kappa shape index (κ3) is 59.1. The Hall–Kier alpha value is -3.44. The summed E-state index contributed by atoms with van der Waals surface area (Å²) < 4.78 is 17.4. The van der Waals surface area contributed by atoms with Crippen LogP contribution in [0.15, 0.2) is 109 Å². The van der Waals surface area contributed by atoms with Crippen molar-refractivity contribution < 1.29 is 23.8 Å². The van der Waals surface area contributed by atoms with Gasteiger partial charge in [-0.1, -0.05) is 259 Å². The van der Waals surface area contributed by atoms with Crippen LogP contribution < -0.4 is 0 Å². The van der Waals surface area contributed by atoms with Crippen LogP contribution in [0.5, 0.6) is 0 Å². The Morgan fingerprint density at radius 1 is 0.319 bits per heavy atom. The Balaban J connectivity index is 4.41. The molecule has 0 aromatic rings. The maximum absolute atomic E-state index is 12.9. The van der Waals surface area contributed by atoms with E-state index in [1.165, 1.54) is 161 Å². The van der Waals surface area contributed by atoms with Crippen molar-refractivity contribution in [3.05, 3.63) is 109 Å². The lowest BCUT2D eigenvalue weighted by molar-refractivity contribution is -0.162. The summed E-state index contributed by atoms with van der Waals surface area (Å²) in [6.07, 6.45) is 85.6. The molecule has 0 bridgehead atoms. The molecule has 0 heterocycles. The third-order valence-electron chi connectivity index (χ3n) is 12.8. The molecule has 0 N–H and O–H groups in total. The van der Waals surface area contributed by atoms with Crippen LogP contribution in [0, 0.1) is 0 Å². The van der Waals surface area contributed by atoms with Crippen molar-refractivity contribution in [2.24, 2.45) is 0 Å². The first-order valence-electron chi connectivity index (χ1n) is 30.4. The zero-order chi connectivity index (χ0) is 52.0. The number of rotatable bonds is 55. The van der Waals surface area contributed by atoms with Crippen molar-refractivity contribution in [2.45, 2.75) is 284 Å². The van der Waals surface area contributed by atoms with Gasteiger partial charge in [-0.2, -0.15) is 0 Å². The molecule has 412 valence electrons. The van der Waals surface area contributed by atoms with Gasteiger partial charge in [-0.15, -0.1) is 0 Å². The van der Waals surface area contributed by atoms with Crippen LogP contribution in [-0.2, 0) is 23.8 Å². The summed E-state index contributed by atoms with van der Waals surface area (Å²) in [5.41, 5.74) is 0. The molecule has 1 atom stereocenters. The van der Waals surface area contributed by atoms with Crippen molar-refractivity contribution in [3.8, 4) is 0 Å². The number of carbonyl (C=O) groups is 2. The molecule has 0 rings (SSSR count). The van der Waals surface area contributed by atoms with Crippen molar-refractivity contribution in [1.82, 2.24) is 0 Å². The van der Waals surface area contributed by atoms with E-state index < -0.39 is 6.10 Å². The van der Waals surface area contributed by atoms with Crippen molar-refractivity contribution in [3.63, 3.8) is 0 Å². The zero-order valence-corrected chi connectivity index (χ0v) is 47.4. The molecule has 5 heteroatoms. The summed E-state index contributed by atoms with van der Waals surface area (Å²) in [6, 6.07) is 0. The number of esters is 2. The molecule has 0 aromatic carbocycles. The first kappa shape index (κ1) is 68.6. The van der Waals surface area contributed by atoms with Gasteiger partial charge < -0.3 is 14.2 Å². The average molecular weight is 1000 g/mol. The Morgan fingerprint density at radius 3 is 1.10 bits per heavy atom. The number of unbranched alkanes of at least 4 members (excludes halogenated alkanes) is 26. The van der Waals surface area contributed by atoms with E-state index in [2.05, 4.69) is 124 Å². The van der Waals surface area contributed by atoms with Gasteiger partial charge >= 0.3 is 11.9 Å². The van der Waals surface area contributed by atoms with Gasteiger partial charge in [0.05, 0.1) is 6.61 Å². The van der Waals surface area contributed by atoms with Crippen LogP contribution in [0.3, 0.4) is 0 Å². The van der Waals surface area contributed by atoms with E-state index >= 15 is 0 Å². The Labute approximate surface area is 446 Å². The second-order valence-electron chi connectivity index (χ2n) is 19.9. The minimum atomic E-state index is -0.578. The fourth-order valence-corrected chi connectivity index (χ4v) is 8.27. The molecule has 1 unspecified atom stereocenters. The quantitative estimate of drug-likeness (QED) is 0.0345. The average Bonchev–Trinajstić information content (AvgIpc) is 3.38. The lowest BCUT2D eigenvalue weighted by Crippen LogP contribution is -2.30. The molecule has 0 saturated carbocycles. The molecule has 5 nitrogen and oxygen atoms in total. The zero-order valence-electron chi connectivity index (χ0n) is 47.4. The monoisotopic (exact) mass is 999 g/mol. The van der Waals surface area contributed by atoms with Crippen molar-refractivity contribution in [1.29, 1.82) is 0 Å². The van der Waals surface area contributed by atoms with Gasteiger partial charge in [-0.25, -0.2) is 0 Å². The van der Waals surface area contributed by atoms with E-state index in [1.54, 1.807) is 0 Å². The number of hydrogen-bond acceptors (Lipinski definition) is 5. The first-order valence-corrected chi connectivity index (χ1v) is 30.4. The Morgan fingerprint density at radius 2 is 0.653 bits per heavy atom. The largest absolute Gasteiger partial charge is 0.462 e. The molecule has 0 fully saturated rings. The van der Waals surface area contributed by atoms with Gasteiger partial charge in [0.15, 0.2) is 6.10 Å². The van der Waals surface area contributed by atoms with Crippen LogP contribution in [0.4, 0.5) is 0 Å². The molecule has 0 aliphatic carbocycles. The van der Waals surface area contributed by atoms with Crippen LogP contribution >= 0.6 is 0 Å². The smallest absolute Gasteiger partial charge is 0.306 e. The standard InChI is InChI=1S/C67H114O5/c1-4-7-10-13-16-19-22-25-28-31-34-36-39-42-45-48-51-54-57-60-66(68)71-64-65(63-70-62-59-56-53-50-47-44-41-38-33-30-27-24-21-18-15-12-9-6-3)72-67(69)61-58-55-52-49-46-43-40-37-35-32-29-26-23-20-17-14-11-8-5-2/h7,10,16-17,19-20,25-30,34,36,42,45,51,54,65H,4-6,8-9,11-15,18,21-24,31-33,35,37-41,43-44,46-50,52-53,55-64H2,1-3H3/b10-7-,19-16-,20-17-,28-25-,29-26-,30-27-,36-34-,45-42-,54-51-. The number of allylic oxidation sites excluding steroid dienone is 18. The fourth-order valence-electron chi connectivity index (χ4n) is 8.27. The van der Waals surface area contributed by atoms with Crippen LogP contribution in [-0.4, -0.2) is 37.9 Å². The highest BCUT2D eigenvalue weighted by molar-refractivity contribution is 5.70. The SMILES string of the molecule is CC/C=C\C/C=C\C/C=C\C/C=C\C/C=C\C/C=C\CCC(=O)OCC(COCCCCCCCCCC/C=C\CCCCCCCC)OC(=O)CCCCCCCCCCC/C=C\C/C=C\CCCCC. The lowest BCUT2D eigenvalue weighted by atomic mass is 10.1. The second kappa shape index (κ2) is 61.9. The van der Waals surface area contributed by atoms with Gasteiger partial charge in [0.2, 0.25) is 0 Å². The van der Waals surface area contributed by atoms with E-state index in [1.807, 2.05) is 6.08 Å². The van der Waals surface area contributed by atoms with E-state index in [-0.39, 0.29) is 25.2 Å². The molecule has 0 aliphatic heterocycles. The molecule has 0 spiro atoms. The predicted octanol–water partition coefficient (Wildman–Crippen LogP) is 21.1. The van der Waals surface area contributed by atoms with Crippen molar-refractivity contribution in [2.75, 3.05) is 19.8 Å². The maximum atomic E-state index is 12.9. The van der Waals surface area contributed by atoms with Crippen LogP contribution in [0.2, 0.25) is 0 Å². The van der Waals surface area contributed by atoms with Gasteiger partial charge in [0.25, 0.3) is 0 Å². The highest BCUT2D eigenvalue weighted by atomic mass is 16.6. The van der Waals surface area contributed by atoms with Gasteiger partial charge in [-0.05, 0) is 116 Å². The van der Waals surface area contributed by atoms with Gasteiger partial charge in [0, 0.05) is 19.4 Å². The Kier molecular flexibility index (Phi) is 58.9. The van der Waals surface area contributed by atoms with Crippen LogP contribution in [0.25, 0.3) is 0 Å². The first-order chi connectivity index (χ1) is 35.6. The second-order valence-corrected chi connectivity index (χ2v) is 19.9. The van der Waals surface area contributed by atoms with E-state index in [0.717, 1.165) is 77.0 Å². The molecule has 0 amide bonds. The molecule has 72 heavy (non-hydrogen) atoms. The molecular formula is C67H114O5. The maximum Gasteiger partial charge on any atom is 0.306 e. The fraction of sp³-hybridized carbons (Fsp3) is 0.701. The number of ether oxygens (including phenoxy) is 3. The summed E-state index contributed by atoms with van der Waals surface area (Å²) in [4.78, 5) is 25.6. The Bertz CT molecular complexity index is 1410. The molecule has 0 radical (unpaired) electrons. The molecular weight excluding hydrogens is 885 g/mol. The summed E-state index contributed by atoms with van der Waals surface area (Å²) in [7, 11) is 0. The van der Waals surface area contributed by atoms with E-state index in [9.17, 15) is 9.59 Å². The third-order valence-corrected chi connectivity index (χ3v) is 12.8. The summed E-state index contributed by atoms with van der Waals surface area (Å²) in [6.45, 7) is 7.62. The van der Waals surface area contributed by atoms with E-state index in [0.29, 0.717) is 25.9 Å². The topological polar surface area (TPSA) is 61.8 Å². The molecule has 0 saturated heterocycles. The van der Waals surface area contributed by atoms with Gasteiger partial charge in [-0.3, -0.25) is 9.59 Å². The molecule has 0 aromatic heterocycles. The summed E-state index contributed by atoms with van der Waals surface area (Å²) in [5.74, 6) is -0.497. The highest BCUT2D eigenvalue weighted by Crippen LogP contribution is 2.15. The molecule has 0 aliphatic rings. The highest BCUT2D eigenvalue weighted by Gasteiger charge is 2.17. The van der Waals surface area contributed by atoms with Crippen molar-refractivity contribution >= 4 is 11.9 Å². The number of hydrogen-bond donors (Lipinski definition) is 0. The minimum Gasteiger partial charge on any atom is -0.462 e. The predicted molar refractivity (Wildman–Crippen MR) is 316 cm³/mol. The van der Waals surface area contributed by atoms with E-state index in [4.69, 9.17) is 14.2 Å². The number of carbonyl (C=O) groups excluding carboxylic acids is 2. The van der Waals surface area contributed by atoms with Gasteiger partial charge in [0.1, 0.15) is 6.61 Å². The lowest BCUT2D eigenvalue weighted by Gasteiger charge is -2.18. The summed E-state index contributed by atoms with van der Waals surface area (Å²) in [5, 5.41) is 0. The normalized spacial score (nSPS) is 13.0. The minimum absolute atomic E-state index is 0.0378. The van der Waals surface area contributed by atoms with Crippen LogP contribution in [0.1, 0.15) is 278 Å².